The maximum Gasteiger partial charge on any atom is 0.121 e. The molecule has 2 aliphatic heterocycles. The number of hydrogen-bond acceptors (Lipinski definition) is 2. The second-order valence-corrected chi connectivity index (χ2v) is 5.82. The van der Waals surface area contributed by atoms with Crippen molar-refractivity contribution in [3.05, 3.63) is 23.5 Å². The molecule has 1 fully saturated rings. The summed E-state index contributed by atoms with van der Waals surface area (Å²) in [6.07, 6.45) is 1.99. The van der Waals surface area contributed by atoms with E-state index in [4.69, 9.17) is 16.3 Å². The molecule has 15 heavy (non-hydrogen) atoms. The minimum absolute atomic E-state index is 0.00379. The lowest BCUT2D eigenvalue weighted by molar-refractivity contribution is -0.0486. The number of halogens is 2. The highest BCUT2D eigenvalue weighted by atomic mass is 127. The van der Waals surface area contributed by atoms with Gasteiger partial charge >= 0.3 is 0 Å². The fourth-order valence-electron chi connectivity index (χ4n) is 2.32. The molecule has 0 radical (unpaired) electrons. The zero-order chi connectivity index (χ0) is 10.4. The molecule has 3 heterocycles. The molecule has 5 heteroatoms. The number of aromatic amines is 1. The molecule has 3 nitrogen and oxygen atoms in total. The second kappa shape index (κ2) is 3.91. The molecule has 1 N–H and O–H groups in total. The molecule has 1 saturated heterocycles. The van der Waals surface area contributed by atoms with E-state index in [-0.39, 0.29) is 5.50 Å². The van der Waals surface area contributed by atoms with E-state index in [1.807, 2.05) is 6.20 Å². The van der Waals surface area contributed by atoms with E-state index in [9.17, 15) is 0 Å². The number of rotatable bonds is 1. The Morgan fingerprint density at radius 2 is 2.33 bits per heavy atom. The Kier molecular flexibility index (Phi) is 2.70. The van der Waals surface area contributed by atoms with Crippen molar-refractivity contribution in [3.63, 3.8) is 0 Å². The predicted molar refractivity (Wildman–Crippen MR) is 67.2 cm³/mol. The highest BCUT2D eigenvalue weighted by Gasteiger charge is 2.38. The van der Waals surface area contributed by atoms with Crippen molar-refractivity contribution in [3.8, 4) is 0 Å². The fraction of sp³-hybridized carbons (Fsp3) is 0.600. The summed E-state index contributed by atoms with van der Waals surface area (Å²) in [5, 5.41) is 0. The van der Waals surface area contributed by atoms with Crippen LogP contribution in [0.1, 0.15) is 22.7 Å². The minimum Gasteiger partial charge on any atom is -0.381 e. The van der Waals surface area contributed by atoms with Crippen LogP contribution in [0, 0.1) is 5.92 Å². The zero-order valence-electron chi connectivity index (χ0n) is 8.12. The third-order valence-electron chi connectivity index (χ3n) is 3.29. The molecule has 2 aliphatic rings. The number of fused-ring (bicyclic) bond motifs is 1. The third-order valence-corrected chi connectivity index (χ3v) is 5.04. The largest absolute Gasteiger partial charge is 0.381 e. The summed E-state index contributed by atoms with van der Waals surface area (Å²) < 4.78 is 7.45. The molecule has 0 aliphatic carbocycles. The lowest BCUT2D eigenvalue weighted by atomic mass is 9.84. The molecule has 0 bridgehead atoms. The SMILES string of the molecule is ClC1c2cc[nH]c2C(C2COC2)CN1I. The van der Waals surface area contributed by atoms with Crippen molar-refractivity contribution in [2.45, 2.75) is 11.4 Å². The summed E-state index contributed by atoms with van der Waals surface area (Å²) in [5.41, 5.74) is 2.55. The van der Waals surface area contributed by atoms with Gasteiger partial charge in [-0.2, -0.15) is 0 Å². The van der Waals surface area contributed by atoms with Gasteiger partial charge in [0.1, 0.15) is 5.50 Å². The van der Waals surface area contributed by atoms with Gasteiger partial charge in [-0.1, -0.05) is 11.6 Å². The topological polar surface area (TPSA) is 28.3 Å². The first-order valence-corrected chi connectivity index (χ1v) is 6.49. The molecule has 2 atom stereocenters. The van der Waals surface area contributed by atoms with E-state index in [0.717, 1.165) is 19.8 Å². The Balaban J connectivity index is 1.95. The Bertz CT molecular complexity index is 366. The molecule has 82 valence electrons. The Labute approximate surface area is 108 Å². The number of nitrogens with zero attached hydrogens (tertiary/aromatic N) is 1. The zero-order valence-corrected chi connectivity index (χ0v) is 11.0. The van der Waals surface area contributed by atoms with Crippen LogP contribution in [0.3, 0.4) is 0 Å². The maximum atomic E-state index is 6.34. The quantitative estimate of drug-likeness (QED) is 0.369. The van der Waals surface area contributed by atoms with Crippen LogP contribution in [-0.2, 0) is 4.74 Å². The molecular formula is C10H12ClIN2O. The first-order valence-electron chi connectivity index (χ1n) is 5.09. The van der Waals surface area contributed by atoms with Crippen molar-refractivity contribution >= 4 is 34.5 Å². The van der Waals surface area contributed by atoms with Gasteiger partial charge in [0.25, 0.3) is 0 Å². The lowest BCUT2D eigenvalue weighted by Gasteiger charge is -2.40. The van der Waals surface area contributed by atoms with Crippen LogP contribution in [0.2, 0.25) is 0 Å². The monoisotopic (exact) mass is 338 g/mol. The van der Waals surface area contributed by atoms with Crippen LogP contribution in [0.15, 0.2) is 12.3 Å². The van der Waals surface area contributed by atoms with Gasteiger partial charge in [0.05, 0.1) is 13.2 Å². The summed E-state index contributed by atoms with van der Waals surface area (Å²) in [7, 11) is 0. The summed E-state index contributed by atoms with van der Waals surface area (Å²) in [6.45, 7) is 2.79. The highest BCUT2D eigenvalue weighted by molar-refractivity contribution is 14.1. The van der Waals surface area contributed by atoms with Gasteiger partial charge in [0.2, 0.25) is 0 Å². The lowest BCUT2D eigenvalue weighted by Crippen LogP contribution is -2.40. The van der Waals surface area contributed by atoms with Crippen molar-refractivity contribution in [2.24, 2.45) is 5.92 Å². The average molecular weight is 339 g/mol. The van der Waals surface area contributed by atoms with Gasteiger partial charge in [-0.15, -0.1) is 0 Å². The number of ether oxygens (including phenoxy) is 1. The molecule has 2 unspecified atom stereocenters. The summed E-state index contributed by atoms with van der Waals surface area (Å²) in [4.78, 5) is 3.34. The first-order chi connectivity index (χ1) is 7.27. The van der Waals surface area contributed by atoms with Crippen LogP contribution < -0.4 is 0 Å². The molecular weight excluding hydrogens is 326 g/mol. The summed E-state index contributed by atoms with van der Waals surface area (Å²) >= 11 is 8.65. The summed E-state index contributed by atoms with van der Waals surface area (Å²) in [6, 6.07) is 2.09. The minimum atomic E-state index is 0.00379. The van der Waals surface area contributed by atoms with E-state index in [2.05, 4.69) is 37.0 Å². The van der Waals surface area contributed by atoms with E-state index < -0.39 is 0 Å². The standard InChI is InChI=1S/C10H12ClIN2O/c11-10-7-1-2-13-9(7)8(3-14(10)12)6-4-15-5-6/h1-2,6,8,10,13H,3-5H2. The molecule has 0 amide bonds. The van der Waals surface area contributed by atoms with Crippen molar-refractivity contribution in [2.75, 3.05) is 19.8 Å². The van der Waals surface area contributed by atoms with E-state index in [1.54, 1.807) is 0 Å². The molecule has 3 rings (SSSR count). The van der Waals surface area contributed by atoms with Crippen molar-refractivity contribution in [1.82, 2.24) is 8.10 Å². The Morgan fingerprint density at radius 3 is 3.00 bits per heavy atom. The van der Waals surface area contributed by atoms with Gasteiger partial charge in [0.15, 0.2) is 0 Å². The molecule has 1 aromatic rings. The van der Waals surface area contributed by atoms with Gasteiger partial charge in [0, 0.05) is 58.7 Å². The number of nitrogens with one attached hydrogen (secondary N) is 1. The van der Waals surface area contributed by atoms with Crippen LogP contribution in [0.25, 0.3) is 0 Å². The van der Waals surface area contributed by atoms with Gasteiger partial charge in [-0.05, 0) is 6.07 Å². The average Bonchev–Trinajstić information content (AvgIpc) is 2.59. The van der Waals surface area contributed by atoms with Gasteiger partial charge in [-0.25, -0.2) is 3.11 Å². The van der Waals surface area contributed by atoms with Crippen LogP contribution in [0.5, 0.6) is 0 Å². The maximum absolute atomic E-state index is 6.34. The van der Waals surface area contributed by atoms with Crippen LogP contribution >= 0.6 is 34.5 Å². The van der Waals surface area contributed by atoms with Crippen molar-refractivity contribution in [1.29, 1.82) is 0 Å². The fourth-order valence-corrected chi connectivity index (χ4v) is 3.31. The second-order valence-electron chi connectivity index (χ2n) is 4.17. The summed E-state index contributed by atoms with van der Waals surface area (Å²) in [5.74, 6) is 1.21. The third kappa shape index (κ3) is 1.62. The van der Waals surface area contributed by atoms with Gasteiger partial charge < -0.3 is 9.72 Å². The molecule has 0 aromatic carbocycles. The molecule has 1 aromatic heterocycles. The first kappa shape index (κ1) is 10.4. The van der Waals surface area contributed by atoms with Crippen LogP contribution in [-0.4, -0.2) is 27.9 Å². The normalized spacial score (nSPS) is 32.4. The van der Waals surface area contributed by atoms with E-state index in [1.165, 1.54) is 11.3 Å². The Hall–Kier alpha value is 0.220. The van der Waals surface area contributed by atoms with E-state index in [0.29, 0.717) is 11.8 Å². The van der Waals surface area contributed by atoms with Gasteiger partial charge in [-0.3, -0.25) is 0 Å². The highest BCUT2D eigenvalue weighted by Crippen LogP contribution is 2.43. The molecule has 0 saturated carbocycles. The van der Waals surface area contributed by atoms with Crippen molar-refractivity contribution < 1.29 is 4.74 Å². The number of alkyl halides is 1. The smallest absolute Gasteiger partial charge is 0.121 e. The Morgan fingerprint density at radius 1 is 1.53 bits per heavy atom. The number of aromatic nitrogens is 1. The predicted octanol–water partition coefficient (Wildman–Crippen LogP) is 2.65. The van der Waals surface area contributed by atoms with E-state index >= 15 is 0 Å². The van der Waals surface area contributed by atoms with Crippen LogP contribution in [0.4, 0.5) is 0 Å². The number of hydrogen-bond donors (Lipinski definition) is 1. The molecule has 0 spiro atoms. The number of H-pyrrole nitrogens is 1.